The molecule has 2 fully saturated rings. The smallest absolute Gasteiger partial charge is 0.307 e. The number of esters is 1. The van der Waals surface area contributed by atoms with Gasteiger partial charge in [-0.15, -0.1) is 0 Å². The molecule has 348 valence electrons. The van der Waals surface area contributed by atoms with Crippen molar-refractivity contribution in [2.24, 2.45) is 11.8 Å². The molecule has 64 heavy (non-hydrogen) atoms. The van der Waals surface area contributed by atoms with Crippen molar-refractivity contribution < 1.29 is 38.1 Å². The van der Waals surface area contributed by atoms with E-state index in [4.69, 9.17) is 13.8 Å². The van der Waals surface area contributed by atoms with Crippen molar-refractivity contribution in [1.29, 1.82) is 0 Å². The number of nitrogens with zero attached hydrogens (tertiary/aromatic N) is 6. The molecule has 0 unspecified atom stereocenters. The molecule has 14 nitrogen and oxygen atoms in total. The van der Waals surface area contributed by atoms with E-state index in [0.29, 0.717) is 25.4 Å². The minimum Gasteiger partial charge on any atom is -0.481 e. The molecule has 2 atom stereocenters. The van der Waals surface area contributed by atoms with Gasteiger partial charge < -0.3 is 28.7 Å². The summed E-state index contributed by atoms with van der Waals surface area (Å²) in [6.07, 6.45) is 18.7. The molecule has 4 aromatic rings. The minimum atomic E-state index is -0.898. The number of ether oxygens (including phenoxy) is 1. The van der Waals surface area contributed by atoms with Crippen LogP contribution in [0.4, 0.5) is 0 Å². The second-order valence-electron chi connectivity index (χ2n) is 18.9. The van der Waals surface area contributed by atoms with Gasteiger partial charge in [-0.3, -0.25) is 19.2 Å². The van der Waals surface area contributed by atoms with E-state index in [0.717, 1.165) is 55.1 Å². The van der Waals surface area contributed by atoms with Gasteiger partial charge in [0.15, 0.2) is 0 Å². The van der Waals surface area contributed by atoms with Gasteiger partial charge in [-0.1, -0.05) is 161 Å². The molecule has 0 saturated heterocycles. The number of carboxylic acids is 1. The van der Waals surface area contributed by atoms with Crippen LogP contribution in [0.25, 0.3) is 0 Å². The third-order valence-corrected chi connectivity index (χ3v) is 12.2. The molecule has 1 N–H and O–H groups in total. The number of carbonyl (C=O) groups is 4. The number of benzene rings is 2. The Morgan fingerprint density at radius 3 is 1.45 bits per heavy atom. The van der Waals surface area contributed by atoms with Crippen molar-refractivity contribution in [1.82, 2.24) is 30.1 Å². The largest absolute Gasteiger partial charge is 0.481 e. The van der Waals surface area contributed by atoms with E-state index >= 15 is 0 Å². The summed E-state index contributed by atoms with van der Waals surface area (Å²) in [5.41, 5.74) is 1.47. The van der Waals surface area contributed by atoms with Crippen LogP contribution < -0.4 is 0 Å². The molecule has 2 aromatic heterocycles. The second kappa shape index (κ2) is 25.2. The Balaban J connectivity index is 0.000000243. The third kappa shape index (κ3) is 17.0. The first-order valence-corrected chi connectivity index (χ1v) is 23.4. The van der Waals surface area contributed by atoms with E-state index in [1.807, 2.05) is 81.4 Å². The fraction of sp³-hybridized carbons (Fsp3) is 0.600. The van der Waals surface area contributed by atoms with Gasteiger partial charge in [0.1, 0.15) is 5.60 Å². The summed E-state index contributed by atoms with van der Waals surface area (Å²) in [4.78, 5) is 61.2. The summed E-state index contributed by atoms with van der Waals surface area (Å²) < 4.78 is 16.4. The maximum absolute atomic E-state index is 12.9. The van der Waals surface area contributed by atoms with Gasteiger partial charge in [0, 0.05) is 39.0 Å². The molecule has 6 rings (SSSR count). The average Bonchev–Trinajstić information content (AvgIpc) is 3.98. The standard InChI is InChI=1S/C27H39N3O4.C23H31N3O4/c1-27(2,3)33-23(31)18-22(17-11-16-20-12-7-5-8-13-20)25-28-24(29-34-25)26(32)30(4)19-21-14-9-6-10-15-21;1-26(16-18-11-6-3-7-12-18)23(29)21-24-22(30-25-21)19(15-20(27)28)14-8-13-17-9-4-2-5-10-17/h6,9-10,14-15,20,22H,5,7-8,11-13,16-19H2,1-4H3;3,6-7,11-12,17,19H,2,4-5,8-10,13-16H2,1H3,(H,27,28)/t22-;19-/m11/s1. The number of aliphatic carboxylic acids is 1. The number of aromatic nitrogens is 4. The van der Waals surface area contributed by atoms with Crippen LogP contribution in [0.1, 0.15) is 192 Å². The Labute approximate surface area is 378 Å². The summed E-state index contributed by atoms with van der Waals surface area (Å²) in [6, 6.07) is 19.4. The summed E-state index contributed by atoms with van der Waals surface area (Å²) in [6.45, 7) is 6.45. The molecule has 2 aliphatic rings. The zero-order valence-corrected chi connectivity index (χ0v) is 38.7. The molecule has 2 amide bonds. The summed E-state index contributed by atoms with van der Waals surface area (Å²) >= 11 is 0. The normalized spacial score (nSPS) is 15.6. The van der Waals surface area contributed by atoms with Crippen LogP contribution in [0.15, 0.2) is 69.7 Å². The monoisotopic (exact) mass is 883 g/mol. The quantitative estimate of drug-likeness (QED) is 0.0831. The van der Waals surface area contributed by atoms with Gasteiger partial charge in [0.05, 0.1) is 12.8 Å². The lowest BCUT2D eigenvalue weighted by molar-refractivity contribution is -0.155. The molecule has 2 heterocycles. The van der Waals surface area contributed by atoms with Crippen molar-refractivity contribution in [2.45, 2.75) is 167 Å². The van der Waals surface area contributed by atoms with Gasteiger partial charge in [0.25, 0.3) is 23.5 Å². The Bertz CT molecular complexity index is 2020. The second-order valence-corrected chi connectivity index (χ2v) is 18.9. The zero-order valence-electron chi connectivity index (χ0n) is 38.7. The Kier molecular flexibility index (Phi) is 19.5. The molecular weight excluding hydrogens is 813 g/mol. The van der Waals surface area contributed by atoms with Gasteiger partial charge in [-0.05, 0) is 56.6 Å². The summed E-state index contributed by atoms with van der Waals surface area (Å²) in [5, 5.41) is 17.1. The van der Waals surface area contributed by atoms with E-state index in [2.05, 4.69) is 20.3 Å². The van der Waals surface area contributed by atoms with Crippen molar-refractivity contribution in [2.75, 3.05) is 14.1 Å². The maximum atomic E-state index is 12.9. The number of amides is 2. The number of hydrogen-bond donors (Lipinski definition) is 1. The van der Waals surface area contributed by atoms with Gasteiger partial charge in [0.2, 0.25) is 11.8 Å². The molecule has 2 saturated carbocycles. The highest BCUT2D eigenvalue weighted by molar-refractivity contribution is 5.90. The fourth-order valence-corrected chi connectivity index (χ4v) is 8.85. The summed E-state index contributed by atoms with van der Waals surface area (Å²) in [5.74, 6) is -0.358. The first-order valence-electron chi connectivity index (χ1n) is 23.4. The van der Waals surface area contributed by atoms with Crippen LogP contribution in [0.2, 0.25) is 0 Å². The number of hydrogen-bond acceptors (Lipinski definition) is 11. The molecule has 0 radical (unpaired) electrons. The highest BCUT2D eigenvalue weighted by atomic mass is 16.6. The lowest BCUT2D eigenvalue weighted by atomic mass is 9.84. The van der Waals surface area contributed by atoms with Gasteiger partial charge >= 0.3 is 11.9 Å². The Hall–Kier alpha value is -5.40. The van der Waals surface area contributed by atoms with Gasteiger partial charge in [-0.25, -0.2) is 0 Å². The van der Waals surface area contributed by atoms with Crippen LogP contribution in [-0.4, -0.2) is 78.6 Å². The molecule has 0 bridgehead atoms. The van der Waals surface area contributed by atoms with Crippen LogP contribution in [0.5, 0.6) is 0 Å². The lowest BCUT2D eigenvalue weighted by Gasteiger charge is -2.23. The Morgan fingerprint density at radius 1 is 0.656 bits per heavy atom. The van der Waals surface area contributed by atoms with Crippen molar-refractivity contribution >= 4 is 23.8 Å². The summed E-state index contributed by atoms with van der Waals surface area (Å²) in [7, 11) is 3.40. The lowest BCUT2D eigenvalue weighted by Crippen LogP contribution is -2.27. The molecule has 2 aromatic carbocycles. The maximum Gasteiger partial charge on any atom is 0.307 e. The minimum absolute atomic E-state index is 0.0221. The van der Waals surface area contributed by atoms with Crippen molar-refractivity contribution in [3.63, 3.8) is 0 Å². The molecule has 0 aliphatic heterocycles. The average molecular weight is 883 g/mol. The van der Waals surface area contributed by atoms with Gasteiger partial charge in [-0.2, -0.15) is 9.97 Å². The predicted octanol–water partition coefficient (Wildman–Crippen LogP) is 10.6. The fourth-order valence-electron chi connectivity index (χ4n) is 8.85. The van der Waals surface area contributed by atoms with E-state index in [9.17, 15) is 24.3 Å². The predicted molar refractivity (Wildman–Crippen MR) is 242 cm³/mol. The molecule has 2 aliphatic carbocycles. The van der Waals surface area contributed by atoms with Crippen LogP contribution >= 0.6 is 0 Å². The third-order valence-electron chi connectivity index (χ3n) is 12.2. The highest BCUT2D eigenvalue weighted by Crippen LogP contribution is 2.33. The van der Waals surface area contributed by atoms with Crippen LogP contribution in [0, 0.1) is 11.8 Å². The number of carbonyl (C=O) groups excluding carboxylic acids is 3. The first kappa shape index (κ1) is 49.6. The van der Waals surface area contributed by atoms with Crippen LogP contribution in [-0.2, 0) is 27.4 Å². The van der Waals surface area contributed by atoms with E-state index in [-0.39, 0.29) is 60.0 Å². The molecule has 0 spiro atoms. The Morgan fingerprint density at radius 2 is 1.06 bits per heavy atom. The van der Waals surface area contributed by atoms with E-state index in [1.165, 1.54) is 69.1 Å². The zero-order chi connectivity index (χ0) is 45.9. The number of carboxylic acid groups (broad SMARTS) is 1. The number of rotatable bonds is 20. The molecular formula is C50H70N6O8. The highest BCUT2D eigenvalue weighted by Gasteiger charge is 2.29. The first-order chi connectivity index (χ1) is 30.7. The molecule has 14 heteroatoms. The van der Waals surface area contributed by atoms with Crippen LogP contribution in [0.3, 0.4) is 0 Å². The van der Waals surface area contributed by atoms with E-state index < -0.39 is 11.6 Å². The van der Waals surface area contributed by atoms with Crippen molar-refractivity contribution in [3.05, 3.63) is 95.2 Å². The topological polar surface area (TPSA) is 182 Å². The SMILES string of the molecule is CN(Cc1ccccc1)C(=O)c1noc([C@H](CCCC2CCCCC2)CC(=O)O)n1.CN(Cc1ccccc1)C(=O)c1noc([C@H](CCCC2CCCCC2)CC(=O)OC(C)(C)C)n1. The van der Waals surface area contributed by atoms with Crippen molar-refractivity contribution in [3.8, 4) is 0 Å². The van der Waals surface area contributed by atoms with E-state index in [1.54, 1.807) is 19.0 Å².